The van der Waals surface area contributed by atoms with Gasteiger partial charge in [0.05, 0.1) is 16.3 Å². The summed E-state index contributed by atoms with van der Waals surface area (Å²) >= 11 is 11.9. The number of nitrogens with one attached hydrogen (secondary N) is 1. The predicted octanol–water partition coefficient (Wildman–Crippen LogP) is 4.37. The van der Waals surface area contributed by atoms with Crippen molar-refractivity contribution < 1.29 is 4.79 Å². The summed E-state index contributed by atoms with van der Waals surface area (Å²) in [5.41, 5.74) is 5.87. The van der Waals surface area contributed by atoms with Crippen molar-refractivity contribution in [1.82, 2.24) is 5.43 Å². The lowest BCUT2D eigenvalue weighted by atomic mass is 10.1. The Balaban J connectivity index is 2.08. The first kappa shape index (κ1) is 15.5. The van der Waals surface area contributed by atoms with Crippen molar-refractivity contribution in [2.45, 2.75) is 13.8 Å². The lowest BCUT2D eigenvalue weighted by Gasteiger charge is -2.04. The van der Waals surface area contributed by atoms with Gasteiger partial charge in [-0.25, -0.2) is 5.43 Å². The zero-order valence-corrected chi connectivity index (χ0v) is 13.2. The Hall–Kier alpha value is -1.84. The first-order chi connectivity index (χ1) is 9.99. The van der Waals surface area contributed by atoms with Gasteiger partial charge in [-0.1, -0.05) is 41.4 Å². The molecule has 21 heavy (non-hydrogen) atoms. The van der Waals surface area contributed by atoms with Crippen LogP contribution in [0.5, 0.6) is 0 Å². The Labute approximate surface area is 133 Å². The molecule has 0 spiro atoms. The number of aryl methyl sites for hydroxylation is 2. The number of hydrogen-bond acceptors (Lipinski definition) is 2. The average Bonchev–Trinajstić information content (AvgIpc) is 2.46. The third-order valence-corrected chi connectivity index (χ3v) is 3.95. The highest BCUT2D eigenvalue weighted by molar-refractivity contribution is 6.43. The molecular formula is C16H14Cl2N2O. The van der Waals surface area contributed by atoms with Gasteiger partial charge in [-0.05, 0) is 43.2 Å². The maximum atomic E-state index is 12.0. The fourth-order valence-corrected chi connectivity index (χ4v) is 2.08. The normalized spacial score (nSPS) is 10.9. The summed E-state index contributed by atoms with van der Waals surface area (Å²) < 4.78 is 0. The van der Waals surface area contributed by atoms with E-state index in [1.165, 1.54) is 6.21 Å². The van der Waals surface area contributed by atoms with Crippen LogP contribution in [0.1, 0.15) is 27.0 Å². The van der Waals surface area contributed by atoms with E-state index in [1.807, 2.05) is 26.0 Å². The maximum Gasteiger partial charge on any atom is 0.271 e. The Morgan fingerprint density at radius 3 is 2.62 bits per heavy atom. The van der Waals surface area contributed by atoms with Gasteiger partial charge in [-0.3, -0.25) is 4.79 Å². The van der Waals surface area contributed by atoms with Crippen molar-refractivity contribution in [1.29, 1.82) is 0 Å². The molecule has 0 saturated heterocycles. The summed E-state index contributed by atoms with van der Waals surface area (Å²) in [5.74, 6) is -0.271. The van der Waals surface area contributed by atoms with E-state index in [9.17, 15) is 4.79 Å². The molecule has 1 amide bonds. The standard InChI is InChI=1S/C16H14Cl2N2O/c1-10-6-7-12(8-11(10)2)16(21)20-19-9-13-4-3-5-14(17)15(13)18/h3-9H,1-2H3,(H,20,21)/b19-9+. The van der Waals surface area contributed by atoms with Crippen LogP contribution in [0.15, 0.2) is 41.5 Å². The number of carbonyl (C=O) groups is 1. The molecule has 5 heteroatoms. The summed E-state index contributed by atoms with van der Waals surface area (Å²) in [4.78, 5) is 12.0. The SMILES string of the molecule is Cc1ccc(C(=O)N/N=C/c2cccc(Cl)c2Cl)cc1C. The van der Waals surface area contributed by atoms with Gasteiger partial charge in [0.15, 0.2) is 0 Å². The quantitative estimate of drug-likeness (QED) is 0.662. The highest BCUT2D eigenvalue weighted by Gasteiger charge is 2.06. The highest BCUT2D eigenvalue weighted by Crippen LogP contribution is 2.24. The van der Waals surface area contributed by atoms with Crippen LogP contribution >= 0.6 is 23.2 Å². The summed E-state index contributed by atoms with van der Waals surface area (Å²) in [6.07, 6.45) is 1.47. The molecule has 0 aliphatic carbocycles. The van der Waals surface area contributed by atoms with E-state index in [0.29, 0.717) is 21.2 Å². The van der Waals surface area contributed by atoms with E-state index in [4.69, 9.17) is 23.2 Å². The Bertz CT molecular complexity index is 711. The van der Waals surface area contributed by atoms with E-state index < -0.39 is 0 Å². The van der Waals surface area contributed by atoms with Gasteiger partial charge >= 0.3 is 0 Å². The van der Waals surface area contributed by atoms with Gasteiger partial charge in [0.1, 0.15) is 0 Å². The van der Waals surface area contributed by atoms with Crippen LogP contribution in [0.25, 0.3) is 0 Å². The Morgan fingerprint density at radius 1 is 1.14 bits per heavy atom. The lowest BCUT2D eigenvalue weighted by molar-refractivity contribution is 0.0955. The third kappa shape index (κ3) is 3.84. The van der Waals surface area contributed by atoms with Crippen LogP contribution in [-0.2, 0) is 0 Å². The first-order valence-corrected chi connectivity index (χ1v) is 7.09. The Kier molecular flexibility index (Phi) is 4.99. The summed E-state index contributed by atoms with van der Waals surface area (Å²) in [6, 6.07) is 10.7. The minimum absolute atomic E-state index is 0.271. The van der Waals surface area contributed by atoms with Crippen LogP contribution in [-0.4, -0.2) is 12.1 Å². The van der Waals surface area contributed by atoms with Gasteiger partial charge < -0.3 is 0 Å². The molecule has 2 rings (SSSR count). The molecule has 3 nitrogen and oxygen atoms in total. The number of hydrogen-bond donors (Lipinski definition) is 1. The smallest absolute Gasteiger partial charge is 0.267 e. The molecule has 0 unspecified atom stereocenters. The lowest BCUT2D eigenvalue weighted by Crippen LogP contribution is -2.17. The topological polar surface area (TPSA) is 41.5 Å². The molecule has 0 aliphatic rings. The molecule has 0 heterocycles. The van der Waals surface area contributed by atoms with Crippen molar-refractivity contribution in [3.63, 3.8) is 0 Å². The van der Waals surface area contributed by atoms with Crippen molar-refractivity contribution >= 4 is 35.3 Å². The van der Waals surface area contributed by atoms with Crippen LogP contribution < -0.4 is 5.43 Å². The number of nitrogens with zero attached hydrogens (tertiary/aromatic N) is 1. The fourth-order valence-electron chi connectivity index (χ4n) is 1.73. The second-order valence-corrected chi connectivity index (χ2v) is 5.43. The molecule has 0 atom stereocenters. The van der Waals surface area contributed by atoms with Crippen molar-refractivity contribution in [3.8, 4) is 0 Å². The number of amides is 1. The molecule has 1 N–H and O–H groups in total. The van der Waals surface area contributed by atoms with Gasteiger partial charge in [0.25, 0.3) is 5.91 Å². The van der Waals surface area contributed by atoms with Gasteiger partial charge in [-0.15, -0.1) is 0 Å². The third-order valence-electron chi connectivity index (χ3n) is 3.12. The number of hydrazone groups is 1. The van der Waals surface area contributed by atoms with Gasteiger partial charge in [-0.2, -0.15) is 5.10 Å². The molecule has 2 aromatic rings. The maximum absolute atomic E-state index is 12.0. The molecule has 0 saturated carbocycles. The highest BCUT2D eigenvalue weighted by atomic mass is 35.5. The number of halogens is 2. The molecule has 0 aliphatic heterocycles. The van der Waals surface area contributed by atoms with Crippen LogP contribution in [0.4, 0.5) is 0 Å². The molecular weight excluding hydrogens is 307 g/mol. The molecule has 0 fully saturated rings. The van der Waals surface area contributed by atoms with Gasteiger partial charge in [0.2, 0.25) is 0 Å². The minimum Gasteiger partial charge on any atom is -0.267 e. The van der Waals surface area contributed by atoms with E-state index in [0.717, 1.165) is 11.1 Å². The minimum atomic E-state index is -0.271. The zero-order chi connectivity index (χ0) is 15.4. The number of carbonyl (C=O) groups excluding carboxylic acids is 1. The molecule has 0 bridgehead atoms. The van der Waals surface area contributed by atoms with E-state index >= 15 is 0 Å². The van der Waals surface area contributed by atoms with E-state index in [1.54, 1.807) is 24.3 Å². The summed E-state index contributed by atoms with van der Waals surface area (Å²) in [6.45, 7) is 3.96. The monoisotopic (exact) mass is 320 g/mol. The molecule has 108 valence electrons. The molecule has 0 radical (unpaired) electrons. The fraction of sp³-hybridized carbons (Fsp3) is 0.125. The second kappa shape index (κ2) is 6.74. The average molecular weight is 321 g/mol. The van der Waals surface area contributed by atoms with E-state index in [-0.39, 0.29) is 5.91 Å². The number of rotatable bonds is 3. The zero-order valence-electron chi connectivity index (χ0n) is 11.7. The van der Waals surface area contributed by atoms with Crippen LogP contribution in [0.2, 0.25) is 10.0 Å². The van der Waals surface area contributed by atoms with Crippen molar-refractivity contribution in [2.75, 3.05) is 0 Å². The van der Waals surface area contributed by atoms with E-state index in [2.05, 4.69) is 10.5 Å². The Morgan fingerprint density at radius 2 is 1.90 bits per heavy atom. The van der Waals surface area contributed by atoms with Crippen LogP contribution in [0.3, 0.4) is 0 Å². The summed E-state index contributed by atoms with van der Waals surface area (Å²) in [7, 11) is 0. The largest absolute Gasteiger partial charge is 0.271 e. The van der Waals surface area contributed by atoms with Crippen molar-refractivity contribution in [3.05, 3.63) is 68.7 Å². The number of benzene rings is 2. The first-order valence-electron chi connectivity index (χ1n) is 6.33. The molecule has 0 aromatic heterocycles. The van der Waals surface area contributed by atoms with Gasteiger partial charge in [0, 0.05) is 11.1 Å². The predicted molar refractivity (Wildman–Crippen MR) is 87.4 cm³/mol. The second-order valence-electron chi connectivity index (χ2n) is 4.64. The summed E-state index contributed by atoms with van der Waals surface area (Å²) in [5, 5.41) is 4.76. The van der Waals surface area contributed by atoms with Crippen LogP contribution in [0, 0.1) is 13.8 Å². The molecule has 2 aromatic carbocycles. The van der Waals surface area contributed by atoms with Crippen molar-refractivity contribution in [2.24, 2.45) is 5.10 Å².